The summed E-state index contributed by atoms with van der Waals surface area (Å²) in [6.45, 7) is 1.39. The number of aliphatic hydroxyl groups is 4. The molecule has 0 radical (unpaired) electrons. The van der Waals surface area contributed by atoms with Gasteiger partial charge in [-0.25, -0.2) is 0 Å². The van der Waals surface area contributed by atoms with E-state index >= 15 is 0 Å². The van der Waals surface area contributed by atoms with Crippen molar-refractivity contribution in [2.75, 3.05) is 47.8 Å². The molecule has 27 heavy (non-hydrogen) atoms. The Bertz CT molecular complexity index is 330. The molecule has 10 heteroatoms. The third-order valence-electron chi connectivity index (χ3n) is 4.78. The Kier molecular flexibility index (Phi) is 16.9. The van der Waals surface area contributed by atoms with Gasteiger partial charge in [0.2, 0.25) is 0 Å². The summed E-state index contributed by atoms with van der Waals surface area (Å²) in [5.74, 6) is 0. The maximum absolute atomic E-state index is 8.72. The van der Waals surface area contributed by atoms with Crippen molar-refractivity contribution in [2.24, 2.45) is 0 Å². The predicted molar refractivity (Wildman–Crippen MR) is 104 cm³/mol. The van der Waals surface area contributed by atoms with Crippen LogP contribution in [0.2, 0.25) is 6.04 Å². The Hall–Kier alpha value is -0.143. The smallest absolute Gasteiger partial charge is 0.370 e. The van der Waals surface area contributed by atoms with Crippen LogP contribution in [0.3, 0.4) is 0 Å². The van der Waals surface area contributed by atoms with Crippen molar-refractivity contribution in [3.63, 3.8) is 0 Å². The molecule has 1 rings (SSSR count). The predicted octanol–water partition coefficient (Wildman–Crippen LogP) is -0.485. The molecule has 0 aromatic heterocycles. The summed E-state index contributed by atoms with van der Waals surface area (Å²) >= 11 is 0. The number of methoxy groups -OCH3 is 1. The van der Waals surface area contributed by atoms with Gasteiger partial charge in [0.05, 0.1) is 26.4 Å². The molecule has 0 saturated carbocycles. The second kappa shape index (κ2) is 15.7. The number of ether oxygens (including phenoxy) is 2. The zero-order valence-electron chi connectivity index (χ0n) is 17.1. The Labute approximate surface area is 163 Å². The molecule has 1 heterocycles. The van der Waals surface area contributed by atoms with Gasteiger partial charge in [-0.15, -0.1) is 0 Å². The summed E-state index contributed by atoms with van der Waals surface area (Å²) in [6.07, 6.45) is 3.87. The highest BCUT2D eigenvalue weighted by molar-refractivity contribution is 6.70. The molecule has 166 valence electrons. The largest absolute Gasteiger partial charge is 0.412 e. The second-order valence-electron chi connectivity index (χ2n) is 6.53. The number of hydrogen-bond donors (Lipinski definition) is 4. The summed E-state index contributed by atoms with van der Waals surface area (Å²) in [4.78, 5) is 0. The van der Waals surface area contributed by atoms with E-state index in [2.05, 4.69) is 6.92 Å². The average molecular weight is 417 g/mol. The second-order valence-corrected chi connectivity index (χ2v) is 10.3. The number of rotatable bonds is 11. The van der Waals surface area contributed by atoms with Gasteiger partial charge in [0.1, 0.15) is 17.4 Å². The Morgan fingerprint density at radius 2 is 1.48 bits per heavy atom. The summed E-state index contributed by atoms with van der Waals surface area (Å²) in [6, 6.07) is 1.06. The molecule has 1 saturated heterocycles. The van der Waals surface area contributed by atoms with Crippen molar-refractivity contribution in [1.82, 2.24) is 0 Å². The minimum atomic E-state index is -2.15. The maximum atomic E-state index is 8.72. The number of hydrogen-bond acceptors (Lipinski definition) is 8. The van der Waals surface area contributed by atoms with Crippen molar-refractivity contribution in [3.8, 4) is 0 Å². The van der Waals surface area contributed by atoms with E-state index in [1.54, 1.807) is 21.3 Å². The van der Waals surface area contributed by atoms with Crippen molar-refractivity contribution < 1.29 is 44.2 Å². The third-order valence-corrected chi connectivity index (χ3v) is 9.20. The van der Waals surface area contributed by atoms with E-state index in [9.17, 15) is 0 Å². The fraction of sp³-hybridized carbons (Fsp3) is 1.00. The summed E-state index contributed by atoms with van der Waals surface area (Å²) in [7, 11) is 3.22. The van der Waals surface area contributed by atoms with Crippen LogP contribution in [0.1, 0.15) is 39.0 Å². The van der Waals surface area contributed by atoms with Gasteiger partial charge in [-0.05, 0) is 18.9 Å². The van der Waals surface area contributed by atoms with Gasteiger partial charge in [-0.2, -0.15) is 0 Å². The fourth-order valence-electron chi connectivity index (χ4n) is 3.37. The van der Waals surface area contributed by atoms with E-state index in [-0.39, 0.29) is 37.1 Å². The van der Waals surface area contributed by atoms with Crippen LogP contribution in [0.4, 0.5) is 0 Å². The molecule has 6 N–H and O–H groups in total. The molecule has 3 atom stereocenters. The van der Waals surface area contributed by atoms with Crippen LogP contribution in [-0.4, -0.2) is 99.7 Å². The molecule has 0 bridgehead atoms. The molecule has 1 fully saturated rings. The first-order chi connectivity index (χ1) is 12.4. The van der Waals surface area contributed by atoms with Crippen molar-refractivity contribution >= 4 is 8.56 Å². The van der Waals surface area contributed by atoms with E-state index in [1.807, 2.05) is 0 Å². The van der Waals surface area contributed by atoms with Gasteiger partial charge < -0.3 is 44.2 Å². The Morgan fingerprint density at radius 3 is 1.85 bits per heavy atom. The van der Waals surface area contributed by atoms with Crippen LogP contribution >= 0.6 is 0 Å². The van der Waals surface area contributed by atoms with Gasteiger partial charge in [0.25, 0.3) is 0 Å². The van der Waals surface area contributed by atoms with E-state index in [0.717, 1.165) is 25.3 Å². The van der Waals surface area contributed by atoms with Crippen LogP contribution in [0.15, 0.2) is 0 Å². The summed E-state index contributed by atoms with van der Waals surface area (Å²) < 4.78 is 22.1. The van der Waals surface area contributed by atoms with Crippen molar-refractivity contribution in [3.05, 3.63) is 0 Å². The lowest BCUT2D eigenvalue weighted by atomic mass is 10.1. The highest BCUT2D eigenvalue weighted by Crippen LogP contribution is 2.42. The maximum Gasteiger partial charge on any atom is 0.370 e. The van der Waals surface area contributed by atoms with E-state index in [1.165, 1.54) is 12.8 Å². The average Bonchev–Trinajstić information content (AvgIpc) is 2.68. The van der Waals surface area contributed by atoms with Crippen LogP contribution in [0.25, 0.3) is 0 Å². The summed E-state index contributed by atoms with van der Waals surface area (Å²) in [5.41, 5.74) is 0. The Morgan fingerprint density at radius 1 is 0.963 bits per heavy atom. The first-order valence-corrected chi connectivity index (χ1v) is 11.2. The van der Waals surface area contributed by atoms with Crippen LogP contribution in [0, 0.1) is 0 Å². The minimum Gasteiger partial charge on any atom is -0.412 e. The quantitative estimate of drug-likeness (QED) is 0.330. The van der Waals surface area contributed by atoms with E-state index in [4.69, 9.17) is 38.8 Å². The molecule has 0 aromatic carbocycles. The highest BCUT2D eigenvalue weighted by Gasteiger charge is 2.58. The van der Waals surface area contributed by atoms with Gasteiger partial charge in [0.15, 0.2) is 0 Å². The van der Waals surface area contributed by atoms with Gasteiger partial charge in [-0.1, -0.05) is 26.2 Å². The molecule has 0 aliphatic carbocycles. The molecule has 9 nitrogen and oxygen atoms in total. The molecule has 0 spiro atoms. The third kappa shape index (κ3) is 8.82. The molecule has 3 unspecified atom stereocenters. The van der Waals surface area contributed by atoms with E-state index in [0.29, 0.717) is 0 Å². The molecule has 0 aromatic rings. The number of aliphatic hydroxyl groups excluding tert-OH is 4. The molecular formula is C17H40O9Si. The highest BCUT2D eigenvalue weighted by atomic mass is 28.4. The van der Waals surface area contributed by atoms with Crippen LogP contribution in [-0.2, 0) is 18.3 Å². The van der Waals surface area contributed by atoms with E-state index < -0.39 is 20.8 Å². The zero-order chi connectivity index (χ0) is 20.1. The first-order valence-electron chi connectivity index (χ1n) is 9.21. The van der Waals surface area contributed by atoms with Gasteiger partial charge >= 0.3 is 8.56 Å². The van der Waals surface area contributed by atoms with Crippen molar-refractivity contribution in [2.45, 2.75) is 62.5 Å². The zero-order valence-corrected chi connectivity index (χ0v) is 18.1. The van der Waals surface area contributed by atoms with Crippen LogP contribution < -0.4 is 0 Å². The molecule has 1 aliphatic heterocycles. The topological polar surface area (TPSA) is 149 Å². The molecule has 1 aliphatic rings. The molecule has 0 amide bonds. The SMILES string of the molecule is CCCC1(OC)CCCC[Si]1(OC)OC.O.OCC(O)COCC(O)CO. The standard InChI is InChI=1S/C11H24O3Si.C6H14O5.H2O/c1-5-8-11(12-2)9-6-7-10-15(11,13-3)14-4;7-1-5(9)3-11-4-6(10)2-8;/h5-10H2,1-4H3;5-10H,1-4H2;1H2. The minimum absolute atomic E-state index is 0. The monoisotopic (exact) mass is 416 g/mol. The Balaban J connectivity index is 0. The summed E-state index contributed by atoms with van der Waals surface area (Å²) in [5, 5.41) is 34.0. The lowest BCUT2D eigenvalue weighted by Crippen LogP contribution is -2.64. The fourth-order valence-corrected chi connectivity index (χ4v) is 7.36. The normalized spacial score (nSPS) is 23.6. The lowest BCUT2D eigenvalue weighted by Gasteiger charge is -2.47. The molecular weight excluding hydrogens is 376 g/mol. The van der Waals surface area contributed by atoms with Gasteiger partial charge in [-0.3, -0.25) is 0 Å². The lowest BCUT2D eigenvalue weighted by molar-refractivity contribution is -0.0364. The van der Waals surface area contributed by atoms with Crippen LogP contribution in [0.5, 0.6) is 0 Å². The first kappa shape index (κ1) is 29.1. The van der Waals surface area contributed by atoms with Gasteiger partial charge in [0, 0.05) is 21.3 Å². The van der Waals surface area contributed by atoms with Crippen molar-refractivity contribution in [1.29, 1.82) is 0 Å².